The Morgan fingerprint density at radius 1 is 0.778 bits per heavy atom. The van der Waals surface area contributed by atoms with Crippen LogP contribution in [0, 0.1) is 0 Å². The molecule has 0 radical (unpaired) electrons. The molecule has 0 aliphatic carbocycles. The molecule has 0 fully saturated rings. The van der Waals surface area contributed by atoms with E-state index in [1.165, 1.54) is 57.8 Å². The number of hydrogen-bond acceptors (Lipinski definition) is 2. The van der Waals surface area contributed by atoms with E-state index in [1.54, 1.807) is 0 Å². The Morgan fingerprint density at radius 3 is 1.81 bits per heavy atom. The minimum atomic E-state index is -0.966. The Hall–Kier alpha value is -0.830. The number of hydrogen-bond donors (Lipinski definition) is 1. The van der Waals surface area contributed by atoms with Crippen LogP contribution in [0.1, 0.15) is 124 Å². The summed E-state index contributed by atoms with van der Waals surface area (Å²) in [6.07, 6.45) is 22.8. The smallest absolute Gasteiger partial charge is 0.335 e. The molecule has 0 aromatic heterocycles. The number of ether oxygens (including phenoxy) is 1. The van der Waals surface area contributed by atoms with E-state index in [4.69, 9.17) is 4.74 Å². The van der Waals surface area contributed by atoms with Crippen molar-refractivity contribution < 1.29 is 14.6 Å². The maximum absolute atomic E-state index is 11.7. The summed E-state index contributed by atoms with van der Waals surface area (Å²) in [5.74, 6) is -0.793. The zero-order chi connectivity index (χ0) is 20.2. The molecular formula is C24H46O3. The maximum atomic E-state index is 11.7. The summed E-state index contributed by atoms with van der Waals surface area (Å²) < 4.78 is 5.78. The van der Waals surface area contributed by atoms with Crippen molar-refractivity contribution in [3.8, 4) is 0 Å². The second kappa shape index (κ2) is 18.5. The molecule has 0 spiro atoms. The van der Waals surface area contributed by atoms with Crippen LogP contribution in [-0.2, 0) is 9.53 Å². The Morgan fingerprint density at radius 2 is 1.30 bits per heavy atom. The fourth-order valence-corrected chi connectivity index (χ4v) is 3.39. The Balaban J connectivity index is 3.72. The van der Waals surface area contributed by atoms with Crippen LogP contribution in [0.25, 0.3) is 0 Å². The summed E-state index contributed by atoms with van der Waals surface area (Å²) in [5.41, 5.74) is -0.966. The van der Waals surface area contributed by atoms with E-state index in [2.05, 4.69) is 26.0 Å². The first-order valence-electron chi connectivity index (χ1n) is 11.6. The predicted molar refractivity (Wildman–Crippen MR) is 116 cm³/mol. The lowest BCUT2D eigenvalue weighted by molar-refractivity contribution is -0.168. The molecule has 0 aromatic rings. The van der Waals surface area contributed by atoms with Crippen LogP contribution in [0.5, 0.6) is 0 Å². The number of carboxylic acids is 1. The number of rotatable bonds is 20. The number of unbranched alkanes of at least 4 members (excludes halogenated alkanes) is 11. The molecule has 3 nitrogen and oxygen atoms in total. The van der Waals surface area contributed by atoms with Gasteiger partial charge in [-0.25, -0.2) is 4.79 Å². The van der Waals surface area contributed by atoms with E-state index in [-0.39, 0.29) is 0 Å². The molecule has 0 heterocycles. The van der Waals surface area contributed by atoms with Gasteiger partial charge in [0.05, 0.1) is 0 Å². The van der Waals surface area contributed by atoms with Crippen molar-refractivity contribution in [1.29, 1.82) is 0 Å². The average molecular weight is 383 g/mol. The van der Waals surface area contributed by atoms with Crippen LogP contribution in [-0.4, -0.2) is 23.3 Å². The summed E-state index contributed by atoms with van der Waals surface area (Å²) in [5, 5.41) is 9.59. The number of aliphatic carboxylic acids is 1. The van der Waals surface area contributed by atoms with Crippen LogP contribution < -0.4 is 0 Å². The molecule has 27 heavy (non-hydrogen) atoms. The van der Waals surface area contributed by atoms with E-state index in [1.807, 2.05) is 6.92 Å². The molecule has 0 saturated carbocycles. The summed E-state index contributed by atoms with van der Waals surface area (Å²) in [6, 6.07) is 0. The summed E-state index contributed by atoms with van der Waals surface area (Å²) in [7, 11) is 0. The van der Waals surface area contributed by atoms with E-state index in [9.17, 15) is 9.90 Å². The van der Waals surface area contributed by atoms with Gasteiger partial charge in [-0.15, -0.1) is 0 Å². The first-order chi connectivity index (χ1) is 13.1. The minimum absolute atomic E-state index is 0.549. The van der Waals surface area contributed by atoms with Crippen LogP contribution in [0.3, 0.4) is 0 Å². The zero-order valence-corrected chi connectivity index (χ0v) is 18.4. The van der Waals surface area contributed by atoms with E-state index in [0.29, 0.717) is 19.4 Å². The zero-order valence-electron chi connectivity index (χ0n) is 18.4. The Labute approximate surface area is 169 Å². The van der Waals surface area contributed by atoms with Gasteiger partial charge < -0.3 is 9.84 Å². The van der Waals surface area contributed by atoms with Crippen molar-refractivity contribution in [2.24, 2.45) is 0 Å². The summed E-state index contributed by atoms with van der Waals surface area (Å²) in [6.45, 7) is 6.84. The van der Waals surface area contributed by atoms with Crippen LogP contribution >= 0.6 is 0 Å². The van der Waals surface area contributed by atoms with E-state index in [0.717, 1.165) is 32.1 Å². The quantitative estimate of drug-likeness (QED) is 0.173. The monoisotopic (exact) mass is 382 g/mol. The standard InChI is InChI=1S/C24H46O3/c1-4-7-9-10-11-12-13-14-15-16-17-18-19-20-21-24(6-3,23(25)26)27-22-8-5-2/h14-15H,4-13,16-22H2,1-3H3,(H,25,26). The van der Waals surface area contributed by atoms with Crippen LogP contribution in [0.2, 0.25) is 0 Å². The molecule has 0 bridgehead atoms. The lowest BCUT2D eigenvalue weighted by Crippen LogP contribution is -2.41. The largest absolute Gasteiger partial charge is 0.479 e. The summed E-state index contributed by atoms with van der Waals surface area (Å²) >= 11 is 0. The van der Waals surface area contributed by atoms with Gasteiger partial charge in [0.15, 0.2) is 5.60 Å². The molecule has 0 rings (SSSR count). The summed E-state index contributed by atoms with van der Waals surface area (Å²) in [4.78, 5) is 11.7. The normalized spacial score (nSPS) is 13.9. The second-order valence-electron chi connectivity index (χ2n) is 7.84. The molecule has 0 saturated heterocycles. The predicted octanol–water partition coefficient (Wildman–Crippen LogP) is 7.68. The SMILES string of the molecule is CCCCCCCCC=CCCCCCCC(CC)(OCCCC)C(=O)O. The third-order valence-corrected chi connectivity index (χ3v) is 5.43. The van der Waals surface area contributed by atoms with Crippen molar-refractivity contribution in [3.63, 3.8) is 0 Å². The third kappa shape index (κ3) is 13.9. The molecule has 1 N–H and O–H groups in total. The second-order valence-corrected chi connectivity index (χ2v) is 7.84. The fraction of sp³-hybridized carbons (Fsp3) is 0.875. The molecule has 1 atom stereocenters. The van der Waals surface area contributed by atoms with Crippen LogP contribution in [0.15, 0.2) is 12.2 Å². The van der Waals surface area contributed by atoms with Crippen molar-refractivity contribution in [2.45, 2.75) is 129 Å². The molecule has 1 unspecified atom stereocenters. The first kappa shape index (κ1) is 26.2. The first-order valence-corrected chi connectivity index (χ1v) is 11.6. The van der Waals surface area contributed by atoms with Crippen LogP contribution in [0.4, 0.5) is 0 Å². The van der Waals surface area contributed by atoms with Gasteiger partial charge in [0.1, 0.15) is 0 Å². The molecule has 0 aliphatic rings. The lowest BCUT2D eigenvalue weighted by atomic mass is 9.92. The van der Waals surface area contributed by atoms with Gasteiger partial charge in [-0.1, -0.05) is 84.3 Å². The molecule has 3 heteroatoms. The lowest BCUT2D eigenvalue weighted by Gasteiger charge is -2.28. The van der Waals surface area contributed by atoms with E-state index < -0.39 is 11.6 Å². The molecule has 0 amide bonds. The highest BCUT2D eigenvalue weighted by Crippen LogP contribution is 2.25. The number of carbonyl (C=O) groups is 1. The number of carboxylic acid groups (broad SMARTS) is 1. The van der Waals surface area contributed by atoms with Crippen molar-refractivity contribution in [1.82, 2.24) is 0 Å². The minimum Gasteiger partial charge on any atom is -0.479 e. The van der Waals surface area contributed by atoms with Crippen molar-refractivity contribution in [3.05, 3.63) is 12.2 Å². The third-order valence-electron chi connectivity index (χ3n) is 5.43. The molecule has 0 aromatic carbocycles. The molecular weight excluding hydrogens is 336 g/mol. The van der Waals surface area contributed by atoms with Gasteiger partial charge in [0.25, 0.3) is 0 Å². The molecule has 160 valence electrons. The topological polar surface area (TPSA) is 46.5 Å². The average Bonchev–Trinajstić information content (AvgIpc) is 2.66. The van der Waals surface area contributed by atoms with Crippen molar-refractivity contribution in [2.75, 3.05) is 6.61 Å². The Kier molecular flexibility index (Phi) is 18.0. The Bertz CT molecular complexity index is 365. The van der Waals surface area contributed by atoms with Gasteiger partial charge in [0, 0.05) is 6.61 Å². The van der Waals surface area contributed by atoms with Gasteiger partial charge in [-0.05, 0) is 51.4 Å². The maximum Gasteiger partial charge on any atom is 0.335 e. The van der Waals surface area contributed by atoms with Gasteiger partial charge >= 0.3 is 5.97 Å². The highest BCUT2D eigenvalue weighted by atomic mass is 16.5. The van der Waals surface area contributed by atoms with Gasteiger partial charge in [0.2, 0.25) is 0 Å². The highest BCUT2D eigenvalue weighted by molar-refractivity contribution is 5.77. The fourth-order valence-electron chi connectivity index (χ4n) is 3.39. The highest BCUT2D eigenvalue weighted by Gasteiger charge is 2.36. The molecule has 0 aliphatic heterocycles. The van der Waals surface area contributed by atoms with Gasteiger partial charge in [-0.3, -0.25) is 0 Å². The van der Waals surface area contributed by atoms with E-state index >= 15 is 0 Å². The van der Waals surface area contributed by atoms with Gasteiger partial charge in [-0.2, -0.15) is 0 Å². The van der Waals surface area contributed by atoms with Crippen molar-refractivity contribution >= 4 is 5.97 Å². The number of allylic oxidation sites excluding steroid dienone is 2.